The third kappa shape index (κ3) is 4.26. The molecule has 1 aliphatic heterocycles. The smallest absolute Gasteiger partial charge is 0.255 e. The van der Waals surface area contributed by atoms with Gasteiger partial charge in [0.15, 0.2) is 11.5 Å². The molecule has 150 valence electrons. The highest BCUT2D eigenvalue weighted by Crippen LogP contribution is 2.34. The number of hydrogen-bond acceptors (Lipinski definition) is 6. The van der Waals surface area contributed by atoms with Gasteiger partial charge in [-0.3, -0.25) is 4.79 Å². The molecule has 0 radical (unpaired) electrons. The lowest BCUT2D eigenvalue weighted by Gasteiger charge is -2.30. The van der Waals surface area contributed by atoms with E-state index in [4.69, 9.17) is 9.47 Å². The molecule has 0 aliphatic carbocycles. The third-order valence-electron chi connectivity index (χ3n) is 4.98. The fourth-order valence-electron chi connectivity index (χ4n) is 3.46. The lowest BCUT2D eigenvalue weighted by molar-refractivity contribution is 0.0731. The number of fused-ring (bicyclic) bond motifs is 1. The van der Waals surface area contributed by atoms with E-state index in [0.29, 0.717) is 18.8 Å². The molecule has 0 saturated heterocycles. The zero-order valence-electron chi connectivity index (χ0n) is 16.4. The van der Waals surface area contributed by atoms with Gasteiger partial charge in [0, 0.05) is 29.1 Å². The topological polar surface area (TPSA) is 51.7 Å². The zero-order valence-corrected chi connectivity index (χ0v) is 18.0. The molecule has 2 aromatic carbocycles. The van der Waals surface area contributed by atoms with Gasteiger partial charge in [-0.25, -0.2) is 4.98 Å². The fraction of sp³-hybridized carbons (Fsp3) is 0.273. The molecule has 0 saturated carbocycles. The van der Waals surface area contributed by atoms with Crippen LogP contribution in [0.2, 0.25) is 0 Å². The van der Waals surface area contributed by atoms with Crippen molar-refractivity contribution in [2.24, 2.45) is 0 Å². The molecule has 2 heterocycles. The Kier molecular flexibility index (Phi) is 6.06. The Hall–Kier alpha value is -2.51. The van der Waals surface area contributed by atoms with Crippen molar-refractivity contribution in [2.45, 2.75) is 23.6 Å². The summed E-state index contributed by atoms with van der Waals surface area (Å²) in [6.07, 6.45) is 0.801. The number of carbonyl (C=O) groups is 1. The van der Waals surface area contributed by atoms with Crippen LogP contribution >= 0.6 is 23.1 Å². The Morgan fingerprint density at radius 3 is 2.66 bits per heavy atom. The molecular formula is C22H22N2O3S2. The Labute approximate surface area is 178 Å². The Bertz CT molecular complexity index is 1010. The summed E-state index contributed by atoms with van der Waals surface area (Å²) in [6, 6.07) is 11.8. The standard InChI is InChI=1S/C22H22N2O3S2/c1-26-19-9-15-7-8-24(11-16(15)10-20(19)27-2)22(25)18-5-3-4-6-21(18)29-13-17-12-28-14-23-17/h3-6,9-10,12,14H,7-8,11,13H2,1-2H3. The minimum absolute atomic E-state index is 0.0619. The summed E-state index contributed by atoms with van der Waals surface area (Å²) < 4.78 is 10.8. The van der Waals surface area contributed by atoms with Gasteiger partial charge in [-0.05, 0) is 41.8 Å². The quantitative estimate of drug-likeness (QED) is 0.537. The minimum atomic E-state index is 0.0619. The normalized spacial score (nSPS) is 13.1. The highest BCUT2D eigenvalue weighted by molar-refractivity contribution is 7.98. The first-order valence-electron chi connectivity index (χ1n) is 9.31. The second kappa shape index (κ2) is 8.88. The molecular weight excluding hydrogens is 404 g/mol. The largest absolute Gasteiger partial charge is 0.493 e. The number of methoxy groups -OCH3 is 2. The lowest BCUT2D eigenvalue weighted by atomic mass is 9.98. The monoisotopic (exact) mass is 426 g/mol. The number of thioether (sulfide) groups is 1. The summed E-state index contributed by atoms with van der Waals surface area (Å²) in [5, 5.41) is 2.04. The summed E-state index contributed by atoms with van der Waals surface area (Å²) >= 11 is 3.24. The van der Waals surface area contributed by atoms with E-state index in [1.807, 2.05) is 52.2 Å². The van der Waals surface area contributed by atoms with Crippen molar-refractivity contribution in [1.29, 1.82) is 0 Å². The van der Waals surface area contributed by atoms with E-state index >= 15 is 0 Å². The lowest BCUT2D eigenvalue weighted by Crippen LogP contribution is -2.36. The van der Waals surface area contributed by atoms with E-state index in [1.54, 1.807) is 37.3 Å². The molecule has 0 spiro atoms. The van der Waals surface area contributed by atoms with Crippen LogP contribution in [0.1, 0.15) is 27.2 Å². The number of carbonyl (C=O) groups excluding carboxylic acids is 1. The summed E-state index contributed by atoms with van der Waals surface area (Å²) in [6.45, 7) is 1.26. The average molecular weight is 427 g/mol. The van der Waals surface area contributed by atoms with Gasteiger partial charge in [-0.1, -0.05) is 12.1 Å². The fourth-order valence-corrected chi connectivity index (χ4v) is 5.07. The van der Waals surface area contributed by atoms with Crippen molar-refractivity contribution in [1.82, 2.24) is 9.88 Å². The molecule has 0 unspecified atom stereocenters. The van der Waals surface area contributed by atoms with Crippen molar-refractivity contribution < 1.29 is 14.3 Å². The van der Waals surface area contributed by atoms with Crippen molar-refractivity contribution in [3.63, 3.8) is 0 Å². The maximum absolute atomic E-state index is 13.3. The van der Waals surface area contributed by atoms with Gasteiger partial charge < -0.3 is 14.4 Å². The van der Waals surface area contributed by atoms with Gasteiger partial charge in [0.1, 0.15) is 0 Å². The van der Waals surface area contributed by atoms with E-state index in [1.165, 1.54) is 5.56 Å². The Morgan fingerprint density at radius 2 is 1.93 bits per heavy atom. The predicted molar refractivity (Wildman–Crippen MR) is 116 cm³/mol. The van der Waals surface area contributed by atoms with E-state index in [2.05, 4.69) is 4.98 Å². The van der Waals surface area contributed by atoms with Crippen molar-refractivity contribution in [3.8, 4) is 11.5 Å². The van der Waals surface area contributed by atoms with Crippen LogP contribution in [0.4, 0.5) is 0 Å². The number of amides is 1. The van der Waals surface area contributed by atoms with E-state index in [9.17, 15) is 4.79 Å². The number of aromatic nitrogens is 1. The maximum Gasteiger partial charge on any atom is 0.255 e. The number of rotatable bonds is 6. The minimum Gasteiger partial charge on any atom is -0.493 e. The first-order valence-corrected chi connectivity index (χ1v) is 11.2. The van der Waals surface area contributed by atoms with Crippen LogP contribution < -0.4 is 9.47 Å². The average Bonchev–Trinajstić information content (AvgIpc) is 3.29. The first kappa shape index (κ1) is 19.8. The summed E-state index contributed by atoms with van der Waals surface area (Å²) in [4.78, 5) is 20.5. The van der Waals surface area contributed by atoms with Crippen LogP contribution in [0.3, 0.4) is 0 Å². The van der Waals surface area contributed by atoms with E-state index in [0.717, 1.165) is 39.6 Å². The number of ether oxygens (including phenoxy) is 2. The van der Waals surface area contributed by atoms with Gasteiger partial charge in [-0.15, -0.1) is 23.1 Å². The number of thiazole rings is 1. The van der Waals surface area contributed by atoms with Crippen LogP contribution in [0.5, 0.6) is 11.5 Å². The zero-order chi connectivity index (χ0) is 20.2. The SMILES string of the molecule is COc1cc2c(cc1OC)CN(C(=O)c1ccccc1SCc1cscn1)CC2. The molecule has 5 nitrogen and oxygen atoms in total. The Balaban J connectivity index is 1.54. The molecule has 0 fully saturated rings. The number of hydrogen-bond donors (Lipinski definition) is 0. The highest BCUT2D eigenvalue weighted by Gasteiger charge is 2.25. The van der Waals surface area contributed by atoms with Crippen LogP contribution in [-0.4, -0.2) is 36.6 Å². The van der Waals surface area contributed by atoms with Gasteiger partial charge in [0.25, 0.3) is 5.91 Å². The summed E-state index contributed by atoms with van der Waals surface area (Å²) in [5.74, 6) is 2.24. The molecule has 0 N–H and O–H groups in total. The summed E-state index contributed by atoms with van der Waals surface area (Å²) in [5.41, 5.74) is 5.93. The van der Waals surface area contributed by atoms with Gasteiger partial charge in [0.05, 0.1) is 31.0 Å². The third-order valence-corrected chi connectivity index (χ3v) is 6.72. The second-order valence-corrected chi connectivity index (χ2v) is 8.45. The van der Waals surface area contributed by atoms with Crippen molar-refractivity contribution >= 4 is 29.0 Å². The molecule has 4 rings (SSSR count). The number of benzene rings is 2. The molecule has 1 aromatic heterocycles. The van der Waals surface area contributed by atoms with E-state index in [-0.39, 0.29) is 5.91 Å². The Morgan fingerprint density at radius 1 is 1.17 bits per heavy atom. The predicted octanol–water partition coefficient (Wildman–Crippen LogP) is 4.65. The molecule has 0 atom stereocenters. The second-order valence-electron chi connectivity index (χ2n) is 6.72. The van der Waals surface area contributed by atoms with Crippen LogP contribution in [0.25, 0.3) is 0 Å². The maximum atomic E-state index is 13.3. The van der Waals surface area contributed by atoms with Gasteiger partial charge >= 0.3 is 0 Å². The molecule has 1 aliphatic rings. The van der Waals surface area contributed by atoms with Gasteiger partial charge in [-0.2, -0.15) is 0 Å². The van der Waals surface area contributed by atoms with Crippen molar-refractivity contribution in [3.05, 3.63) is 69.7 Å². The van der Waals surface area contributed by atoms with Gasteiger partial charge in [0.2, 0.25) is 0 Å². The highest BCUT2D eigenvalue weighted by atomic mass is 32.2. The molecule has 29 heavy (non-hydrogen) atoms. The molecule has 7 heteroatoms. The molecule has 0 bridgehead atoms. The molecule has 3 aromatic rings. The summed E-state index contributed by atoms with van der Waals surface area (Å²) in [7, 11) is 3.27. The van der Waals surface area contributed by atoms with Crippen molar-refractivity contribution in [2.75, 3.05) is 20.8 Å². The van der Waals surface area contributed by atoms with Crippen LogP contribution in [0.15, 0.2) is 52.2 Å². The number of nitrogens with zero attached hydrogens (tertiary/aromatic N) is 2. The van der Waals surface area contributed by atoms with Crippen LogP contribution in [0, 0.1) is 0 Å². The molecule has 1 amide bonds. The van der Waals surface area contributed by atoms with E-state index < -0.39 is 0 Å². The first-order chi connectivity index (χ1) is 14.2. The van der Waals surface area contributed by atoms with Crippen LogP contribution in [-0.2, 0) is 18.7 Å².